The van der Waals surface area contributed by atoms with Crippen molar-refractivity contribution >= 4 is 23.1 Å². The van der Waals surface area contributed by atoms with Gasteiger partial charge in [-0.1, -0.05) is 29.8 Å². The third-order valence-electron chi connectivity index (χ3n) is 6.45. The highest BCUT2D eigenvalue weighted by Gasteiger charge is 2.47. The summed E-state index contributed by atoms with van der Waals surface area (Å²) in [6.45, 7) is 4.47. The molecule has 1 fully saturated rings. The normalized spacial score (nSPS) is 18.7. The first-order chi connectivity index (χ1) is 16.4. The molecule has 1 unspecified atom stereocenters. The van der Waals surface area contributed by atoms with Crippen LogP contribution >= 0.6 is 0 Å². The smallest absolute Gasteiger partial charge is 0.300 e. The molecule has 2 aliphatic rings. The van der Waals surface area contributed by atoms with Crippen molar-refractivity contribution in [3.05, 3.63) is 94.1 Å². The number of carbonyl (C=O) groups is 2. The Kier molecular flexibility index (Phi) is 5.36. The number of methoxy groups -OCH3 is 1. The van der Waals surface area contributed by atoms with Crippen LogP contribution in [0.5, 0.6) is 11.5 Å². The fourth-order valence-corrected chi connectivity index (χ4v) is 4.75. The van der Waals surface area contributed by atoms with E-state index in [-0.39, 0.29) is 11.3 Å². The summed E-state index contributed by atoms with van der Waals surface area (Å²) in [4.78, 5) is 28.2. The molecule has 34 heavy (non-hydrogen) atoms. The number of fused-ring (bicyclic) bond motifs is 1. The topological polar surface area (TPSA) is 76.1 Å². The number of hydrogen-bond acceptors (Lipinski definition) is 5. The van der Waals surface area contributed by atoms with Crippen LogP contribution in [0.1, 0.15) is 33.9 Å². The van der Waals surface area contributed by atoms with Crippen LogP contribution in [0.4, 0.5) is 5.69 Å². The molecule has 0 saturated carbocycles. The van der Waals surface area contributed by atoms with Crippen LogP contribution in [-0.2, 0) is 16.0 Å². The van der Waals surface area contributed by atoms with Crippen molar-refractivity contribution in [2.75, 3.05) is 18.6 Å². The molecule has 0 aliphatic carbocycles. The highest BCUT2D eigenvalue weighted by molar-refractivity contribution is 6.51. The molecule has 0 aromatic heterocycles. The molecule has 3 aromatic rings. The van der Waals surface area contributed by atoms with Crippen molar-refractivity contribution in [2.45, 2.75) is 26.3 Å². The zero-order valence-corrected chi connectivity index (χ0v) is 19.3. The first-order valence-corrected chi connectivity index (χ1v) is 11.2. The molecule has 1 N–H and O–H groups in total. The van der Waals surface area contributed by atoms with Crippen LogP contribution in [0.3, 0.4) is 0 Å². The Bertz CT molecular complexity index is 1340. The minimum Gasteiger partial charge on any atom is -0.507 e. The number of aryl methyl sites for hydroxylation is 2. The van der Waals surface area contributed by atoms with E-state index in [9.17, 15) is 14.7 Å². The summed E-state index contributed by atoms with van der Waals surface area (Å²) in [5, 5.41) is 11.4. The number of carbonyl (C=O) groups excluding carboxylic acids is 2. The van der Waals surface area contributed by atoms with Gasteiger partial charge in [-0.3, -0.25) is 14.5 Å². The summed E-state index contributed by atoms with van der Waals surface area (Å²) in [6, 6.07) is 17.5. The molecule has 6 heteroatoms. The molecule has 1 atom stereocenters. The largest absolute Gasteiger partial charge is 0.507 e. The number of ether oxygens (including phenoxy) is 2. The van der Waals surface area contributed by atoms with Crippen LogP contribution in [0.2, 0.25) is 0 Å². The van der Waals surface area contributed by atoms with E-state index in [2.05, 4.69) is 0 Å². The molecule has 2 aliphatic heterocycles. The van der Waals surface area contributed by atoms with Gasteiger partial charge >= 0.3 is 0 Å². The van der Waals surface area contributed by atoms with Crippen molar-refractivity contribution in [3.63, 3.8) is 0 Å². The maximum Gasteiger partial charge on any atom is 0.300 e. The van der Waals surface area contributed by atoms with Gasteiger partial charge < -0.3 is 14.6 Å². The Morgan fingerprint density at radius 1 is 1.03 bits per heavy atom. The van der Waals surface area contributed by atoms with Gasteiger partial charge in [0.05, 0.1) is 25.3 Å². The fraction of sp³-hybridized carbons (Fsp3) is 0.214. The molecule has 6 nitrogen and oxygen atoms in total. The van der Waals surface area contributed by atoms with E-state index in [1.54, 1.807) is 31.4 Å². The molecule has 172 valence electrons. The first kappa shape index (κ1) is 21.8. The van der Waals surface area contributed by atoms with Crippen LogP contribution in [-0.4, -0.2) is 30.5 Å². The minimum atomic E-state index is -0.781. The number of benzene rings is 3. The number of amides is 1. The van der Waals surface area contributed by atoms with Gasteiger partial charge in [0.2, 0.25) is 0 Å². The van der Waals surface area contributed by atoms with Gasteiger partial charge in [-0.05, 0) is 66.9 Å². The van der Waals surface area contributed by atoms with E-state index in [1.807, 2.05) is 50.2 Å². The summed E-state index contributed by atoms with van der Waals surface area (Å²) < 4.78 is 10.9. The van der Waals surface area contributed by atoms with E-state index in [4.69, 9.17) is 9.47 Å². The lowest BCUT2D eigenvalue weighted by Crippen LogP contribution is -2.30. The third kappa shape index (κ3) is 3.52. The Morgan fingerprint density at radius 2 is 1.79 bits per heavy atom. The zero-order chi connectivity index (χ0) is 24.0. The van der Waals surface area contributed by atoms with Gasteiger partial charge in [-0.2, -0.15) is 0 Å². The van der Waals surface area contributed by atoms with Gasteiger partial charge in [0, 0.05) is 17.7 Å². The molecule has 0 bridgehead atoms. The molecular weight excluding hydrogens is 430 g/mol. The summed E-state index contributed by atoms with van der Waals surface area (Å²) in [7, 11) is 1.58. The molecule has 3 aromatic carbocycles. The van der Waals surface area contributed by atoms with Crippen molar-refractivity contribution < 1.29 is 24.2 Å². The Labute approximate surface area is 198 Å². The van der Waals surface area contributed by atoms with Gasteiger partial charge in [0.15, 0.2) is 0 Å². The van der Waals surface area contributed by atoms with Gasteiger partial charge in [0.1, 0.15) is 17.3 Å². The SMILES string of the molecule is COc1ccc(C2/C(=C(/O)c3ccc4c(c3)CCO4)C(=O)C(=O)N2c2ccc(C)cc2C)cc1. The van der Waals surface area contributed by atoms with E-state index >= 15 is 0 Å². The van der Waals surface area contributed by atoms with E-state index < -0.39 is 17.7 Å². The standard InChI is InChI=1S/C28H25NO5/c1-16-4-10-22(17(2)14-16)29-25(18-5-8-21(33-3)9-6-18)24(27(31)28(29)32)26(30)20-7-11-23-19(15-20)12-13-34-23/h4-11,14-15,25,30H,12-13H2,1-3H3/b26-24-. The van der Waals surface area contributed by atoms with Crippen molar-refractivity contribution in [1.82, 2.24) is 0 Å². The molecule has 5 rings (SSSR count). The lowest BCUT2D eigenvalue weighted by atomic mass is 9.94. The summed E-state index contributed by atoms with van der Waals surface area (Å²) in [6.07, 6.45) is 0.731. The van der Waals surface area contributed by atoms with Crippen LogP contribution < -0.4 is 14.4 Å². The summed E-state index contributed by atoms with van der Waals surface area (Å²) >= 11 is 0. The highest BCUT2D eigenvalue weighted by atomic mass is 16.5. The van der Waals surface area contributed by atoms with Gasteiger partial charge in [-0.25, -0.2) is 0 Å². The number of nitrogens with zero attached hydrogens (tertiary/aromatic N) is 1. The van der Waals surface area contributed by atoms with Crippen LogP contribution in [0.25, 0.3) is 5.76 Å². The lowest BCUT2D eigenvalue weighted by Gasteiger charge is -2.27. The average molecular weight is 456 g/mol. The maximum absolute atomic E-state index is 13.4. The molecule has 2 heterocycles. The molecule has 0 spiro atoms. The van der Waals surface area contributed by atoms with Crippen molar-refractivity contribution in [1.29, 1.82) is 0 Å². The quantitative estimate of drug-likeness (QED) is 0.345. The average Bonchev–Trinajstić information content (AvgIpc) is 3.41. The van der Waals surface area contributed by atoms with Crippen molar-refractivity contribution in [2.24, 2.45) is 0 Å². The van der Waals surface area contributed by atoms with Crippen LogP contribution in [0.15, 0.2) is 66.2 Å². The van der Waals surface area contributed by atoms with E-state index in [0.29, 0.717) is 29.2 Å². The van der Waals surface area contributed by atoms with Gasteiger partial charge in [0.25, 0.3) is 11.7 Å². The van der Waals surface area contributed by atoms with Crippen LogP contribution in [0, 0.1) is 13.8 Å². The molecule has 1 amide bonds. The summed E-state index contributed by atoms with van der Waals surface area (Å²) in [5.41, 5.74) is 4.78. The Morgan fingerprint density at radius 3 is 2.50 bits per heavy atom. The Balaban J connectivity index is 1.71. The summed E-state index contributed by atoms with van der Waals surface area (Å²) in [5.74, 6) is -0.139. The number of anilines is 1. The van der Waals surface area contributed by atoms with Crippen molar-refractivity contribution in [3.8, 4) is 11.5 Å². The minimum absolute atomic E-state index is 0.0639. The monoisotopic (exact) mass is 455 g/mol. The van der Waals surface area contributed by atoms with Gasteiger partial charge in [-0.15, -0.1) is 0 Å². The number of ketones is 1. The second-order valence-electron chi connectivity index (χ2n) is 8.65. The van der Waals surface area contributed by atoms with E-state index in [1.165, 1.54) is 4.90 Å². The molecular formula is C28H25NO5. The van der Waals surface area contributed by atoms with E-state index in [0.717, 1.165) is 28.9 Å². The number of Topliss-reactive ketones (excluding diaryl/α,β-unsaturated/α-hetero) is 1. The number of aliphatic hydroxyl groups excluding tert-OH is 1. The number of aliphatic hydroxyl groups is 1. The predicted octanol–water partition coefficient (Wildman–Crippen LogP) is 4.87. The number of hydrogen-bond donors (Lipinski definition) is 1. The molecule has 0 radical (unpaired) electrons. The Hall–Kier alpha value is -4.06. The zero-order valence-electron chi connectivity index (χ0n) is 19.3. The lowest BCUT2D eigenvalue weighted by molar-refractivity contribution is -0.132. The third-order valence-corrected chi connectivity index (χ3v) is 6.45. The maximum atomic E-state index is 13.4. The second kappa shape index (κ2) is 8.37. The first-order valence-electron chi connectivity index (χ1n) is 11.2. The number of rotatable bonds is 4. The second-order valence-corrected chi connectivity index (χ2v) is 8.65. The molecule has 1 saturated heterocycles. The highest BCUT2D eigenvalue weighted by Crippen LogP contribution is 2.44. The predicted molar refractivity (Wildman–Crippen MR) is 129 cm³/mol. The fourth-order valence-electron chi connectivity index (χ4n) is 4.75.